The standard InChI is InChI=1S/C20H34N6O2.HI/c1-2-25-11-3-5-17(25)15-23-20(22-10-7-18-6-4-14-28-18)24-16-8-12-26(13-9-16)19(21)27;/h4,6,14,16-17H,2-3,5,7-13,15H2,1H3,(H2,21,27)(H2,22,23,24);1H. The van der Waals surface area contributed by atoms with Crippen LogP contribution in [0.1, 0.15) is 38.4 Å². The number of furan rings is 1. The fourth-order valence-electron chi connectivity index (χ4n) is 4.06. The first-order valence-electron chi connectivity index (χ1n) is 10.5. The van der Waals surface area contributed by atoms with Crippen LogP contribution in [0.2, 0.25) is 0 Å². The molecule has 2 saturated heterocycles. The molecule has 4 N–H and O–H groups in total. The largest absolute Gasteiger partial charge is 0.469 e. The number of halogens is 1. The molecule has 2 aliphatic rings. The normalized spacial score (nSPS) is 21.1. The number of nitrogens with two attached hydrogens (primary N) is 1. The zero-order valence-corrected chi connectivity index (χ0v) is 19.6. The Kier molecular flexibility index (Phi) is 10.1. The van der Waals surface area contributed by atoms with Crippen LogP contribution >= 0.6 is 24.0 Å². The van der Waals surface area contributed by atoms with Crippen molar-refractivity contribution in [2.24, 2.45) is 10.7 Å². The number of guanidine groups is 1. The van der Waals surface area contributed by atoms with Gasteiger partial charge in [0.1, 0.15) is 5.76 Å². The monoisotopic (exact) mass is 518 g/mol. The van der Waals surface area contributed by atoms with Crippen molar-refractivity contribution in [1.29, 1.82) is 0 Å². The quantitative estimate of drug-likeness (QED) is 0.292. The molecule has 1 unspecified atom stereocenters. The highest BCUT2D eigenvalue weighted by atomic mass is 127. The molecule has 0 aliphatic carbocycles. The average Bonchev–Trinajstić information content (AvgIpc) is 3.38. The molecule has 1 aromatic rings. The van der Waals surface area contributed by atoms with E-state index in [2.05, 4.69) is 22.5 Å². The lowest BCUT2D eigenvalue weighted by Crippen LogP contribution is -2.51. The van der Waals surface area contributed by atoms with Crippen LogP contribution in [0.5, 0.6) is 0 Å². The number of carbonyl (C=O) groups excluding carboxylic acids is 1. The highest BCUT2D eigenvalue weighted by molar-refractivity contribution is 14.0. The van der Waals surface area contributed by atoms with E-state index < -0.39 is 0 Å². The summed E-state index contributed by atoms with van der Waals surface area (Å²) in [6, 6.07) is 4.41. The zero-order chi connectivity index (χ0) is 19.8. The van der Waals surface area contributed by atoms with E-state index in [-0.39, 0.29) is 30.0 Å². The summed E-state index contributed by atoms with van der Waals surface area (Å²) in [5.74, 6) is 1.82. The summed E-state index contributed by atoms with van der Waals surface area (Å²) in [4.78, 5) is 20.4. The van der Waals surface area contributed by atoms with Gasteiger partial charge in [-0.2, -0.15) is 0 Å². The minimum Gasteiger partial charge on any atom is -0.469 e. The third-order valence-electron chi connectivity index (χ3n) is 5.76. The molecule has 2 amide bonds. The fraction of sp³-hybridized carbons (Fsp3) is 0.700. The van der Waals surface area contributed by atoms with Gasteiger partial charge < -0.3 is 25.7 Å². The predicted octanol–water partition coefficient (Wildman–Crippen LogP) is 2.00. The summed E-state index contributed by atoms with van der Waals surface area (Å²) < 4.78 is 5.41. The van der Waals surface area contributed by atoms with Crippen molar-refractivity contribution in [3.05, 3.63) is 24.2 Å². The van der Waals surface area contributed by atoms with Crippen LogP contribution in [0.15, 0.2) is 27.8 Å². The van der Waals surface area contributed by atoms with Crippen molar-refractivity contribution in [2.45, 2.75) is 51.1 Å². The number of hydrogen-bond donors (Lipinski definition) is 3. The molecule has 29 heavy (non-hydrogen) atoms. The smallest absolute Gasteiger partial charge is 0.314 e. The number of hydrogen-bond acceptors (Lipinski definition) is 4. The molecule has 3 rings (SSSR count). The number of urea groups is 1. The molecule has 2 fully saturated rings. The van der Waals surface area contributed by atoms with E-state index in [0.29, 0.717) is 25.2 Å². The van der Waals surface area contributed by atoms with Gasteiger partial charge in [-0.15, -0.1) is 24.0 Å². The topological polar surface area (TPSA) is 99.1 Å². The lowest BCUT2D eigenvalue weighted by Gasteiger charge is -2.32. The number of amides is 2. The van der Waals surface area contributed by atoms with Crippen LogP contribution < -0.4 is 16.4 Å². The van der Waals surface area contributed by atoms with Crippen LogP contribution in [0.25, 0.3) is 0 Å². The molecule has 9 heteroatoms. The van der Waals surface area contributed by atoms with Crippen molar-refractivity contribution >= 4 is 36.0 Å². The second-order valence-corrected chi connectivity index (χ2v) is 7.61. The molecule has 0 aromatic carbocycles. The SMILES string of the molecule is CCN1CCCC1CN=C(NCCc1ccco1)NC1CCN(C(N)=O)CC1.I. The van der Waals surface area contributed by atoms with E-state index in [4.69, 9.17) is 15.1 Å². The van der Waals surface area contributed by atoms with Gasteiger partial charge in [0.25, 0.3) is 0 Å². The van der Waals surface area contributed by atoms with Gasteiger partial charge in [-0.1, -0.05) is 6.92 Å². The van der Waals surface area contributed by atoms with Gasteiger partial charge >= 0.3 is 6.03 Å². The van der Waals surface area contributed by atoms with Crippen molar-refractivity contribution < 1.29 is 9.21 Å². The zero-order valence-electron chi connectivity index (χ0n) is 17.3. The van der Waals surface area contributed by atoms with Crippen molar-refractivity contribution in [3.8, 4) is 0 Å². The van der Waals surface area contributed by atoms with Crippen LogP contribution in [0.3, 0.4) is 0 Å². The Morgan fingerprint density at radius 3 is 2.76 bits per heavy atom. The molecule has 0 bridgehead atoms. The number of nitrogens with one attached hydrogen (secondary N) is 2. The maximum atomic E-state index is 11.3. The molecule has 164 valence electrons. The first-order chi connectivity index (χ1) is 13.7. The number of nitrogens with zero attached hydrogens (tertiary/aromatic N) is 3. The van der Waals surface area contributed by atoms with Gasteiger partial charge in [0, 0.05) is 38.1 Å². The molecule has 2 aliphatic heterocycles. The second-order valence-electron chi connectivity index (χ2n) is 7.61. The van der Waals surface area contributed by atoms with Gasteiger partial charge in [0.2, 0.25) is 0 Å². The minimum atomic E-state index is -0.329. The molecule has 1 atom stereocenters. The Morgan fingerprint density at radius 1 is 1.31 bits per heavy atom. The van der Waals surface area contributed by atoms with Crippen LogP contribution in [-0.4, -0.2) is 73.1 Å². The number of likely N-dealkylation sites (N-methyl/N-ethyl adjacent to an activating group) is 1. The maximum absolute atomic E-state index is 11.3. The van der Waals surface area contributed by atoms with E-state index in [0.717, 1.165) is 50.6 Å². The number of aliphatic imine (C=N–C) groups is 1. The Hall–Kier alpha value is -1.49. The Morgan fingerprint density at radius 2 is 2.10 bits per heavy atom. The molecule has 3 heterocycles. The molecule has 0 spiro atoms. The summed E-state index contributed by atoms with van der Waals surface area (Å²) in [6.45, 7) is 7.44. The number of likely N-dealkylation sites (tertiary alicyclic amines) is 2. The van der Waals surface area contributed by atoms with E-state index in [1.54, 1.807) is 11.2 Å². The van der Waals surface area contributed by atoms with E-state index in [9.17, 15) is 4.79 Å². The lowest BCUT2D eigenvalue weighted by atomic mass is 10.1. The Labute approximate surface area is 190 Å². The number of piperidine rings is 1. The lowest BCUT2D eigenvalue weighted by molar-refractivity contribution is 0.188. The molecule has 0 radical (unpaired) electrons. The average molecular weight is 518 g/mol. The van der Waals surface area contributed by atoms with E-state index >= 15 is 0 Å². The summed E-state index contributed by atoms with van der Waals surface area (Å²) in [7, 11) is 0. The summed E-state index contributed by atoms with van der Waals surface area (Å²) in [5, 5.41) is 7.01. The summed E-state index contributed by atoms with van der Waals surface area (Å²) in [5.41, 5.74) is 5.39. The van der Waals surface area contributed by atoms with E-state index in [1.165, 1.54) is 19.4 Å². The Balaban J connectivity index is 0.00000300. The van der Waals surface area contributed by atoms with Crippen molar-refractivity contribution in [1.82, 2.24) is 20.4 Å². The van der Waals surface area contributed by atoms with Crippen LogP contribution in [0, 0.1) is 0 Å². The maximum Gasteiger partial charge on any atom is 0.314 e. The second kappa shape index (κ2) is 12.3. The van der Waals surface area contributed by atoms with Gasteiger partial charge in [0.15, 0.2) is 5.96 Å². The van der Waals surface area contributed by atoms with Gasteiger partial charge in [-0.3, -0.25) is 9.89 Å². The number of primary amides is 1. The summed E-state index contributed by atoms with van der Waals surface area (Å²) >= 11 is 0. The van der Waals surface area contributed by atoms with Crippen molar-refractivity contribution in [3.63, 3.8) is 0 Å². The molecule has 8 nitrogen and oxygen atoms in total. The third-order valence-corrected chi connectivity index (χ3v) is 5.76. The third kappa shape index (κ3) is 7.36. The Bertz CT molecular complexity index is 631. The van der Waals surface area contributed by atoms with Crippen LogP contribution in [0.4, 0.5) is 4.79 Å². The summed E-state index contributed by atoms with van der Waals surface area (Å²) in [6.07, 6.45) is 6.76. The molecule has 0 saturated carbocycles. The van der Waals surface area contributed by atoms with Gasteiger partial charge in [0.05, 0.1) is 12.8 Å². The van der Waals surface area contributed by atoms with Gasteiger partial charge in [-0.25, -0.2) is 4.79 Å². The number of carbonyl (C=O) groups is 1. The van der Waals surface area contributed by atoms with Gasteiger partial charge in [-0.05, 0) is 50.9 Å². The van der Waals surface area contributed by atoms with E-state index in [1.807, 2.05) is 12.1 Å². The highest BCUT2D eigenvalue weighted by Crippen LogP contribution is 2.16. The van der Waals surface area contributed by atoms with Crippen molar-refractivity contribution in [2.75, 3.05) is 39.3 Å². The first kappa shape index (κ1) is 23.8. The molecular weight excluding hydrogens is 483 g/mol. The molecular formula is C20H35IN6O2. The number of rotatable bonds is 7. The molecule has 1 aromatic heterocycles. The minimum absolute atomic E-state index is 0. The highest BCUT2D eigenvalue weighted by Gasteiger charge is 2.24. The fourth-order valence-corrected chi connectivity index (χ4v) is 4.06. The predicted molar refractivity (Wildman–Crippen MR) is 126 cm³/mol. The first-order valence-corrected chi connectivity index (χ1v) is 10.5. The van der Waals surface area contributed by atoms with Crippen LogP contribution in [-0.2, 0) is 6.42 Å².